The molecule has 5 heteroatoms. The molecule has 2 aromatic carbocycles. The molecule has 2 aromatic rings. The Morgan fingerprint density at radius 1 is 1.16 bits per heavy atom. The number of aromatic carboxylic acids is 1. The molecule has 0 saturated carbocycles. The highest BCUT2D eigenvalue weighted by molar-refractivity contribution is 5.92. The summed E-state index contributed by atoms with van der Waals surface area (Å²) in [4.78, 5) is 22.8. The summed E-state index contributed by atoms with van der Waals surface area (Å²) >= 11 is 0. The lowest BCUT2D eigenvalue weighted by Crippen LogP contribution is -2.16. The van der Waals surface area contributed by atoms with Crippen molar-refractivity contribution in [2.24, 2.45) is 0 Å². The number of aldehydes is 1. The third-order valence-corrected chi connectivity index (χ3v) is 3.84. The minimum Gasteiger partial charge on any atom is -0.497 e. The van der Waals surface area contributed by atoms with Gasteiger partial charge >= 0.3 is 5.97 Å². The molecule has 0 aliphatic heterocycles. The fourth-order valence-corrected chi connectivity index (χ4v) is 2.46. The first-order chi connectivity index (χ1) is 11.8. The summed E-state index contributed by atoms with van der Waals surface area (Å²) in [5.41, 5.74) is 1.53. The van der Waals surface area contributed by atoms with Crippen LogP contribution in [0.3, 0.4) is 0 Å². The van der Waals surface area contributed by atoms with Gasteiger partial charge in [-0.25, -0.2) is 4.79 Å². The molecule has 0 unspecified atom stereocenters. The number of hydrogen-bond donors (Lipinski definition) is 1. The minimum absolute atomic E-state index is 0.0730. The molecule has 0 aliphatic rings. The number of carboxylic acid groups (broad SMARTS) is 1. The van der Waals surface area contributed by atoms with Gasteiger partial charge in [0.2, 0.25) is 0 Å². The molecular formula is C20H22O5. The molecule has 0 radical (unpaired) electrons. The average molecular weight is 342 g/mol. The van der Waals surface area contributed by atoms with Crippen LogP contribution in [0.2, 0.25) is 0 Å². The highest BCUT2D eigenvalue weighted by atomic mass is 16.5. The minimum atomic E-state index is -1.07. The summed E-state index contributed by atoms with van der Waals surface area (Å²) < 4.78 is 11.0. The number of ether oxygens (including phenoxy) is 2. The Balaban J connectivity index is 2.40. The topological polar surface area (TPSA) is 72.8 Å². The number of carbonyl (C=O) groups excluding carboxylic acids is 1. The Morgan fingerprint density at radius 3 is 2.28 bits per heavy atom. The molecule has 132 valence electrons. The molecule has 0 amide bonds. The van der Waals surface area contributed by atoms with Crippen LogP contribution in [-0.4, -0.2) is 24.5 Å². The van der Waals surface area contributed by atoms with Gasteiger partial charge in [0.1, 0.15) is 18.1 Å². The van der Waals surface area contributed by atoms with E-state index >= 15 is 0 Å². The van der Waals surface area contributed by atoms with Crippen LogP contribution in [0, 0.1) is 0 Å². The van der Waals surface area contributed by atoms with E-state index in [1.165, 1.54) is 6.07 Å². The lowest BCUT2D eigenvalue weighted by Gasteiger charge is -2.24. The van der Waals surface area contributed by atoms with E-state index in [4.69, 9.17) is 9.47 Å². The van der Waals surface area contributed by atoms with E-state index in [1.54, 1.807) is 13.2 Å². The molecule has 0 spiro atoms. The zero-order valence-electron chi connectivity index (χ0n) is 14.8. The van der Waals surface area contributed by atoms with Gasteiger partial charge < -0.3 is 14.6 Å². The van der Waals surface area contributed by atoms with Crippen LogP contribution in [0.5, 0.6) is 11.5 Å². The second-order valence-electron chi connectivity index (χ2n) is 6.75. The highest BCUT2D eigenvalue weighted by Gasteiger charge is 2.24. The largest absolute Gasteiger partial charge is 0.497 e. The van der Waals surface area contributed by atoms with Crippen molar-refractivity contribution in [1.29, 1.82) is 0 Å². The third kappa shape index (κ3) is 4.38. The smallest absolute Gasteiger partial charge is 0.335 e. The normalized spacial score (nSPS) is 11.0. The Morgan fingerprint density at radius 2 is 1.80 bits per heavy atom. The van der Waals surface area contributed by atoms with Gasteiger partial charge in [-0.2, -0.15) is 0 Å². The maximum absolute atomic E-state index is 11.5. The van der Waals surface area contributed by atoms with Gasteiger partial charge in [0.05, 0.1) is 18.2 Å². The quantitative estimate of drug-likeness (QED) is 0.801. The fourth-order valence-electron chi connectivity index (χ4n) is 2.46. The van der Waals surface area contributed by atoms with Crippen LogP contribution in [0.25, 0.3) is 0 Å². The lowest BCUT2D eigenvalue weighted by molar-refractivity contribution is 0.0696. The van der Waals surface area contributed by atoms with Gasteiger partial charge in [-0.3, -0.25) is 4.79 Å². The number of benzene rings is 2. The van der Waals surface area contributed by atoms with Crippen molar-refractivity contribution in [2.75, 3.05) is 7.11 Å². The van der Waals surface area contributed by atoms with E-state index in [-0.39, 0.29) is 23.1 Å². The number of carbonyl (C=O) groups is 2. The van der Waals surface area contributed by atoms with Crippen molar-refractivity contribution < 1.29 is 24.2 Å². The van der Waals surface area contributed by atoms with Crippen molar-refractivity contribution in [3.05, 3.63) is 58.7 Å². The maximum Gasteiger partial charge on any atom is 0.335 e. The van der Waals surface area contributed by atoms with Gasteiger partial charge in [0, 0.05) is 5.56 Å². The van der Waals surface area contributed by atoms with Crippen LogP contribution < -0.4 is 9.47 Å². The van der Waals surface area contributed by atoms with Gasteiger partial charge in [0.25, 0.3) is 0 Å². The first-order valence-corrected chi connectivity index (χ1v) is 7.89. The summed E-state index contributed by atoms with van der Waals surface area (Å²) in [6, 6.07) is 10.3. The predicted molar refractivity (Wildman–Crippen MR) is 94.8 cm³/mol. The standard InChI is InChI=1S/C20H22O5/c1-20(2,3)17-10-14(19(22)23)9-15(11-21)18(17)25-12-13-5-7-16(24-4)8-6-13/h5-11H,12H2,1-4H3,(H,22,23). The van der Waals surface area contributed by atoms with Crippen molar-refractivity contribution >= 4 is 12.3 Å². The first-order valence-electron chi connectivity index (χ1n) is 7.89. The van der Waals surface area contributed by atoms with Crippen molar-refractivity contribution in [2.45, 2.75) is 32.8 Å². The molecule has 5 nitrogen and oxygen atoms in total. The summed E-state index contributed by atoms with van der Waals surface area (Å²) in [5, 5.41) is 9.27. The van der Waals surface area contributed by atoms with Crippen LogP contribution >= 0.6 is 0 Å². The monoisotopic (exact) mass is 342 g/mol. The average Bonchev–Trinajstić information content (AvgIpc) is 2.58. The lowest BCUT2D eigenvalue weighted by atomic mass is 9.84. The summed E-state index contributed by atoms with van der Waals surface area (Å²) in [6.07, 6.45) is 0.630. The number of carboxylic acids is 1. The van der Waals surface area contributed by atoms with Crippen molar-refractivity contribution in [3.8, 4) is 11.5 Å². The van der Waals surface area contributed by atoms with Crippen molar-refractivity contribution in [1.82, 2.24) is 0 Å². The Labute approximate surface area is 147 Å². The number of methoxy groups -OCH3 is 1. The Bertz CT molecular complexity index is 770. The van der Waals surface area contributed by atoms with Crippen LogP contribution in [0.1, 0.15) is 52.6 Å². The van der Waals surface area contributed by atoms with Gasteiger partial charge in [0.15, 0.2) is 6.29 Å². The van der Waals surface area contributed by atoms with Gasteiger partial charge in [-0.1, -0.05) is 32.9 Å². The number of hydrogen-bond acceptors (Lipinski definition) is 4. The molecule has 0 heterocycles. The summed E-state index contributed by atoms with van der Waals surface area (Å²) in [6.45, 7) is 6.11. The van der Waals surface area contributed by atoms with Crippen molar-refractivity contribution in [3.63, 3.8) is 0 Å². The van der Waals surface area contributed by atoms with E-state index in [0.29, 0.717) is 17.6 Å². The molecule has 0 fully saturated rings. The maximum atomic E-state index is 11.5. The third-order valence-electron chi connectivity index (χ3n) is 3.84. The van der Waals surface area contributed by atoms with Crippen LogP contribution in [0.15, 0.2) is 36.4 Å². The van der Waals surface area contributed by atoms with Crippen LogP contribution in [-0.2, 0) is 12.0 Å². The number of rotatable bonds is 6. The van der Waals surface area contributed by atoms with E-state index in [0.717, 1.165) is 11.3 Å². The van der Waals surface area contributed by atoms with E-state index in [9.17, 15) is 14.7 Å². The van der Waals surface area contributed by atoms with Gasteiger partial charge in [-0.15, -0.1) is 0 Å². The summed E-state index contributed by atoms with van der Waals surface area (Å²) in [5.74, 6) is 0.0946. The molecule has 0 aromatic heterocycles. The van der Waals surface area contributed by atoms with E-state index in [2.05, 4.69) is 0 Å². The fraction of sp³-hybridized carbons (Fsp3) is 0.300. The van der Waals surface area contributed by atoms with Gasteiger partial charge in [-0.05, 0) is 35.2 Å². The molecule has 0 aliphatic carbocycles. The molecule has 1 N–H and O–H groups in total. The first kappa shape index (κ1) is 18.5. The van der Waals surface area contributed by atoms with E-state index < -0.39 is 5.97 Å². The molecule has 0 bridgehead atoms. The molecular weight excluding hydrogens is 320 g/mol. The zero-order valence-corrected chi connectivity index (χ0v) is 14.8. The molecule has 2 rings (SSSR count). The second kappa shape index (κ2) is 7.38. The zero-order chi connectivity index (χ0) is 18.6. The predicted octanol–water partition coefficient (Wildman–Crippen LogP) is 4.08. The Hall–Kier alpha value is -2.82. The molecule has 0 atom stereocenters. The molecule has 25 heavy (non-hydrogen) atoms. The highest BCUT2D eigenvalue weighted by Crippen LogP contribution is 2.35. The van der Waals surface area contributed by atoms with Crippen LogP contribution in [0.4, 0.5) is 0 Å². The Kier molecular flexibility index (Phi) is 5.47. The SMILES string of the molecule is COc1ccc(COc2c(C=O)cc(C(=O)O)cc2C(C)(C)C)cc1. The second-order valence-corrected chi connectivity index (χ2v) is 6.75. The molecule has 0 saturated heterocycles. The summed E-state index contributed by atoms with van der Waals surface area (Å²) in [7, 11) is 1.60. The van der Waals surface area contributed by atoms with E-state index in [1.807, 2.05) is 45.0 Å².